The molecule has 1 saturated heterocycles. The van der Waals surface area contributed by atoms with Crippen LogP contribution in [0.15, 0.2) is 0 Å². The molecule has 0 aromatic rings. The lowest BCUT2D eigenvalue weighted by Gasteiger charge is -2.39. The Morgan fingerprint density at radius 2 is 2.20 bits per heavy atom. The monoisotopic (exact) mass is 214 g/mol. The molecule has 3 nitrogen and oxygen atoms in total. The molecule has 1 atom stereocenters. The van der Waals surface area contributed by atoms with Crippen molar-refractivity contribution in [3.63, 3.8) is 0 Å². The lowest BCUT2D eigenvalue weighted by molar-refractivity contribution is 0.0344. The van der Waals surface area contributed by atoms with Gasteiger partial charge in [-0.3, -0.25) is 4.90 Å². The summed E-state index contributed by atoms with van der Waals surface area (Å²) in [5, 5.41) is 0. The lowest BCUT2D eigenvalue weighted by atomic mass is 10.0. The third kappa shape index (κ3) is 3.74. The highest BCUT2D eigenvalue weighted by atomic mass is 16.5. The zero-order chi connectivity index (χ0) is 11.3. The maximum Gasteiger partial charge on any atom is 0.0703 e. The van der Waals surface area contributed by atoms with E-state index < -0.39 is 0 Å². The zero-order valence-electron chi connectivity index (χ0n) is 10.5. The minimum Gasteiger partial charge on any atom is -0.377 e. The predicted octanol–water partition coefficient (Wildman–Crippen LogP) is 1.61. The molecule has 1 fully saturated rings. The highest BCUT2D eigenvalue weighted by molar-refractivity contribution is 4.84. The van der Waals surface area contributed by atoms with Crippen LogP contribution >= 0.6 is 0 Å². The summed E-state index contributed by atoms with van der Waals surface area (Å²) in [6.45, 7) is 10.5. The Labute approximate surface area is 94.0 Å². The molecule has 2 N–H and O–H groups in total. The average Bonchev–Trinajstić information content (AvgIpc) is 2.70. The third-order valence-corrected chi connectivity index (χ3v) is 3.30. The van der Waals surface area contributed by atoms with Crippen LogP contribution in [0.25, 0.3) is 0 Å². The average molecular weight is 214 g/mol. The molecule has 0 radical (unpaired) electrons. The first kappa shape index (κ1) is 12.9. The molecule has 1 aliphatic heterocycles. The summed E-state index contributed by atoms with van der Waals surface area (Å²) >= 11 is 0. The van der Waals surface area contributed by atoms with Gasteiger partial charge in [-0.15, -0.1) is 0 Å². The van der Waals surface area contributed by atoms with E-state index in [-0.39, 0.29) is 5.54 Å². The molecule has 0 aliphatic carbocycles. The van der Waals surface area contributed by atoms with Crippen LogP contribution in [-0.4, -0.2) is 42.8 Å². The summed E-state index contributed by atoms with van der Waals surface area (Å²) in [5.74, 6) is 0. The molecule has 0 spiro atoms. The minimum atomic E-state index is 0.0992. The van der Waals surface area contributed by atoms with Gasteiger partial charge in [0.2, 0.25) is 0 Å². The van der Waals surface area contributed by atoms with Crippen molar-refractivity contribution in [2.75, 3.05) is 26.2 Å². The number of rotatable bonds is 6. The van der Waals surface area contributed by atoms with E-state index in [4.69, 9.17) is 10.5 Å². The molecule has 1 aliphatic rings. The van der Waals surface area contributed by atoms with Gasteiger partial charge in [0.05, 0.1) is 6.10 Å². The Bertz CT molecular complexity index is 176. The molecular formula is C12H26N2O. The van der Waals surface area contributed by atoms with Crippen molar-refractivity contribution < 1.29 is 4.74 Å². The Hall–Kier alpha value is -0.120. The number of nitrogens with zero attached hydrogens (tertiary/aromatic N) is 1. The maximum absolute atomic E-state index is 5.83. The van der Waals surface area contributed by atoms with E-state index in [1.807, 2.05) is 0 Å². The van der Waals surface area contributed by atoms with Gasteiger partial charge in [-0.25, -0.2) is 0 Å². The van der Waals surface area contributed by atoms with E-state index in [1.54, 1.807) is 0 Å². The summed E-state index contributed by atoms with van der Waals surface area (Å²) < 4.78 is 5.69. The normalized spacial score (nSPS) is 22.6. The highest BCUT2D eigenvalue weighted by Gasteiger charge is 2.28. The molecule has 0 amide bonds. The minimum absolute atomic E-state index is 0.0992. The van der Waals surface area contributed by atoms with Crippen LogP contribution in [0.4, 0.5) is 0 Å². The van der Waals surface area contributed by atoms with Gasteiger partial charge in [0.1, 0.15) is 0 Å². The Morgan fingerprint density at radius 1 is 1.47 bits per heavy atom. The van der Waals surface area contributed by atoms with E-state index in [0.29, 0.717) is 12.6 Å². The van der Waals surface area contributed by atoms with E-state index in [9.17, 15) is 0 Å². The van der Waals surface area contributed by atoms with Gasteiger partial charge in [0, 0.05) is 25.2 Å². The van der Waals surface area contributed by atoms with Gasteiger partial charge in [-0.2, -0.15) is 0 Å². The number of hydrogen-bond donors (Lipinski definition) is 1. The molecule has 15 heavy (non-hydrogen) atoms. The first-order valence-corrected chi connectivity index (χ1v) is 6.17. The molecule has 0 aromatic heterocycles. The van der Waals surface area contributed by atoms with Crippen molar-refractivity contribution in [1.82, 2.24) is 4.90 Å². The van der Waals surface area contributed by atoms with Crippen LogP contribution in [-0.2, 0) is 4.74 Å². The van der Waals surface area contributed by atoms with E-state index >= 15 is 0 Å². The predicted molar refractivity (Wildman–Crippen MR) is 64.0 cm³/mol. The molecule has 1 rings (SSSR count). The van der Waals surface area contributed by atoms with Crippen molar-refractivity contribution >= 4 is 0 Å². The van der Waals surface area contributed by atoms with Crippen LogP contribution in [0, 0.1) is 0 Å². The maximum atomic E-state index is 5.83. The number of hydrogen-bond acceptors (Lipinski definition) is 3. The molecule has 0 bridgehead atoms. The van der Waals surface area contributed by atoms with Crippen LogP contribution < -0.4 is 5.73 Å². The topological polar surface area (TPSA) is 38.5 Å². The third-order valence-electron chi connectivity index (χ3n) is 3.30. The Balaban J connectivity index is 2.48. The summed E-state index contributed by atoms with van der Waals surface area (Å²) in [7, 11) is 0. The molecule has 1 heterocycles. The zero-order valence-corrected chi connectivity index (χ0v) is 10.5. The van der Waals surface area contributed by atoms with Gasteiger partial charge in [0.25, 0.3) is 0 Å². The summed E-state index contributed by atoms with van der Waals surface area (Å²) in [4.78, 5) is 2.48. The Morgan fingerprint density at radius 3 is 2.67 bits per heavy atom. The summed E-state index contributed by atoms with van der Waals surface area (Å²) in [6, 6.07) is 0. The van der Waals surface area contributed by atoms with Crippen LogP contribution in [0.5, 0.6) is 0 Å². The molecule has 90 valence electrons. The molecular weight excluding hydrogens is 188 g/mol. The van der Waals surface area contributed by atoms with Gasteiger partial charge >= 0.3 is 0 Å². The van der Waals surface area contributed by atoms with Crippen LogP contribution in [0.1, 0.15) is 40.0 Å². The van der Waals surface area contributed by atoms with Crippen molar-refractivity contribution in [1.29, 1.82) is 0 Å². The second kappa shape index (κ2) is 5.83. The quantitative estimate of drug-likeness (QED) is 0.730. The number of ether oxygens (including phenoxy) is 1. The molecule has 0 aromatic carbocycles. The Kier molecular flexibility index (Phi) is 5.03. The lowest BCUT2D eigenvalue weighted by Crippen LogP contribution is -2.52. The van der Waals surface area contributed by atoms with E-state index in [2.05, 4.69) is 25.7 Å². The smallest absolute Gasteiger partial charge is 0.0703 e. The molecule has 1 unspecified atom stereocenters. The first-order valence-electron chi connectivity index (χ1n) is 6.17. The van der Waals surface area contributed by atoms with Gasteiger partial charge < -0.3 is 10.5 Å². The fraction of sp³-hybridized carbons (Fsp3) is 1.00. The second-order valence-electron chi connectivity index (χ2n) is 5.10. The fourth-order valence-corrected chi connectivity index (χ4v) is 2.07. The van der Waals surface area contributed by atoms with Crippen LogP contribution in [0.3, 0.4) is 0 Å². The van der Waals surface area contributed by atoms with Crippen LogP contribution in [0.2, 0.25) is 0 Å². The molecule has 3 heteroatoms. The van der Waals surface area contributed by atoms with Gasteiger partial charge in [0.15, 0.2) is 0 Å². The van der Waals surface area contributed by atoms with Gasteiger partial charge in [-0.05, 0) is 39.7 Å². The van der Waals surface area contributed by atoms with Crippen molar-refractivity contribution in [3.8, 4) is 0 Å². The van der Waals surface area contributed by atoms with E-state index in [1.165, 1.54) is 19.3 Å². The van der Waals surface area contributed by atoms with Crippen molar-refractivity contribution in [2.24, 2.45) is 5.73 Å². The SMILES string of the molecule is CCCN(CC1CCCO1)C(C)(C)CN. The second-order valence-corrected chi connectivity index (χ2v) is 5.10. The largest absolute Gasteiger partial charge is 0.377 e. The highest BCUT2D eigenvalue weighted by Crippen LogP contribution is 2.19. The summed E-state index contributed by atoms with van der Waals surface area (Å²) in [6.07, 6.45) is 4.03. The molecule has 0 saturated carbocycles. The fourth-order valence-electron chi connectivity index (χ4n) is 2.07. The van der Waals surface area contributed by atoms with E-state index in [0.717, 1.165) is 19.7 Å². The van der Waals surface area contributed by atoms with Gasteiger partial charge in [-0.1, -0.05) is 6.92 Å². The number of nitrogens with two attached hydrogens (primary N) is 1. The standard InChI is InChI=1S/C12H26N2O/c1-4-7-14(12(2,3)10-13)9-11-6-5-8-15-11/h11H,4-10,13H2,1-3H3. The summed E-state index contributed by atoms with van der Waals surface area (Å²) in [5.41, 5.74) is 5.93. The first-order chi connectivity index (χ1) is 7.10. The van der Waals surface area contributed by atoms with Crippen molar-refractivity contribution in [2.45, 2.75) is 51.7 Å². The van der Waals surface area contributed by atoms with Crippen molar-refractivity contribution in [3.05, 3.63) is 0 Å².